The van der Waals surface area contributed by atoms with Crippen molar-refractivity contribution in [1.82, 2.24) is 9.55 Å². The number of halogens is 4. The van der Waals surface area contributed by atoms with E-state index in [0.717, 1.165) is 6.07 Å². The second-order valence-electron chi connectivity index (χ2n) is 3.89. The van der Waals surface area contributed by atoms with E-state index in [1.54, 1.807) is 17.7 Å². The minimum atomic E-state index is -4.69. The van der Waals surface area contributed by atoms with Crippen LogP contribution in [0.3, 0.4) is 0 Å². The Labute approximate surface area is 101 Å². The molecule has 2 aromatic rings. The molecule has 18 heavy (non-hydrogen) atoms. The summed E-state index contributed by atoms with van der Waals surface area (Å²) >= 11 is 0. The second kappa shape index (κ2) is 4.44. The number of nitrogens with zero attached hydrogens (tertiary/aromatic N) is 2. The monoisotopic (exact) mass is 258 g/mol. The van der Waals surface area contributed by atoms with Gasteiger partial charge in [0.2, 0.25) is 0 Å². The predicted octanol–water partition coefficient (Wildman–Crippen LogP) is 3.65. The fourth-order valence-electron chi connectivity index (χ4n) is 1.75. The van der Waals surface area contributed by atoms with E-state index in [4.69, 9.17) is 0 Å². The number of hydrogen-bond acceptors (Lipinski definition) is 1. The van der Waals surface area contributed by atoms with E-state index in [1.807, 2.05) is 0 Å². The molecule has 0 fully saturated rings. The quantitative estimate of drug-likeness (QED) is 0.752. The van der Waals surface area contributed by atoms with Gasteiger partial charge in [-0.1, -0.05) is 12.1 Å². The number of benzene rings is 1. The van der Waals surface area contributed by atoms with E-state index < -0.39 is 23.6 Å². The van der Waals surface area contributed by atoms with Gasteiger partial charge in [0.15, 0.2) is 0 Å². The molecule has 0 bridgehead atoms. The molecule has 1 aromatic carbocycles. The lowest BCUT2D eigenvalue weighted by Gasteiger charge is -2.17. The smallest absolute Gasteiger partial charge is 0.330 e. The molecule has 6 heteroatoms. The minimum Gasteiger partial charge on any atom is -0.330 e. The highest BCUT2D eigenvalue weighted by Crippen LogP contribution is 2.34. The van der Waals surface area contributed by atoms with Crippen LogP contribution in [0.25, 0.3) is 0 Å². The molecule has 2 rings (SSSR count). The van der Waals surface area contributed by atoms with E-state index in [1.165, 1.54) is 24.7 Å². The first kappa shape index (κ1) is 12.6. The molecule has 96 valence electrons. The van der Waals surface area contributed by atoms with E-state index in [9.17, 15) is 17.6 Å². The Balaban J connectivity index is 2.47. The van der Waals surface area contributed by atoms with Crippen LogP contribution in [0.1, 0.15) is 24.1 Å². The summed E-state index contributed by atoms with van der Waals surface area (Å²) in [5.74, 6) is -1.23. The van der Waals surface area contributed by atoms with Crippen LogP contribution in [0.4, 0.5) is 17.6 Å². The van der Waals surface area contributed by atoms with Crippen molar-refractivity contribution in [2.45, 2.75) is 19.1 Å². The summed E-state index contributed by atoms with van der Waals surface area (Å²) in [6.45, 7) is 1.61. The fraction of sp³-hybridized carbons (Fsp3) is 0.250. The molecule has 0 saturated carbocycles. The van der Waals surface area contributed by atoms with Crippen molar-refractivity contribution >= 4 is 0 Å². The molecular weight excluding hydrogens is 248 g/mol. The standard InChI is InChI=1S/C12H10F4N2/c1-8(18-6-5-17-7-18)9-3-2-4-10(11(9)13)12(14,15)16/h2-8H,1H3. The highest BCUT2D eigenvalue weighted by atomic mass is 19.4. The van der Waals surface area contributed by atoms with Gasteiger partial charge in [0, 0.05) is 18.0 Å². The summed E-state index contributed by atoms with van der Waals surface area (Å²) < 4.78 is 53.1. The molecule has 0 spiro atoms. The molecule has 1 heterocycles. The van der Waals surface area contributed by atoms with E-state index in [2.05, 4.69) is 4.98 Å². The summed E-state index contributed by atoms with van der Waals surface area (Å²) in [6, 6.07) is 2.73. The lowest BCUT2D eigenvalue weighted by Crippen LogP contribution is -2.13. The maximum absolute atomic E-state index is 13.9. The zero-order valence-electron chi connectivity index (χ0n) is 9.45. The minimum absolute atomic E-state index is 0.0113. The molecule has 0 aliphatic rings. The van der Waals surface area contributed by atoms with Crippen molar-refractivity contribution in [2.75, 3.05) is 0 Å². The predicted molar refractivity (Wildman–Crippen MR) is 57.4 cm³/mol. The topological polar surface area (TPSA) is 17.8 Å². The van der Waals surface area contributed by atoms with Crippen LogP contribution in [0.15, 0.2) is 36.9 Å². The first-order chi connectivity index (χ1) is 8.41. The van der Waals surface area contributed by atoms with Gasteiger partial charge < -0.3 is 4.57 Å². The zero-order valence-corrected chi connectivity index (χ0v) is 9.45. The highest BCUT2D eigenvalue weighted by molar-refractivity contribution is 5.30. The van der Waals surface area contributed by atoms with Crippen LogP contribution in [0.5, 0.6) is 0 Å². The van der Waals surface area contributed by atoms with E-state index in [-0.39, 0.29) is 5.56 Å². The van der Waals surface area contributed by atoms with Crippen LogP contribution in [0.2, 0.25) is 0 Å². The van der Waals surface area contributed by atoms with Crippen LogP contribution in [-0.4, -0.2) is 9.55 Å². The van der Waals surface area contributed by atoms with Crippen molar-refractivity contribution in [2.24, 2.45) is 0 Å². The van der Waals surface area contributed by atoms with Crippen LogP contribution < -0.4 is 0 Å². The Bertz CT molecular complexity index is 532. The van der Waals surface area contributed by atoms with Crippen molar-refractivity contribution in [3.63, 3.8) is 0 Å². The lowest BCUT2D eigenvalue weighted by atomic mass is 10.0. The van der Waals surface area contributed by atoms with Crippen molar-refractivity contribution in [1.29, 1.82) is 0 Å². The normalized spacial score (nSPS) is 13.6. The van der Waals surface area contributed by atoms with E-state index in [0.29, 0.717) is 0 Å². The first-order valence-electron chi connectivity index (χ1n) is 5.24. The van der Waals surface area contributed by atoms with Gasteiger partial charge in [-0.05, 0) is 13.0 Å². The molecule has 0 saturated heterocycles. The SMILES string of the molecule is CC(c1cccc(C(F)(F)F)c1F)n1ccnc1. The first-order valence-corrected chi connectivity index (χ1v) is 5.24. The summed E-state index contributed by atoms with van der Waals surface area (Å²) in [6.07, 6.45) is -0.189. The number of aromatic nitrogens is 2. The Morgan fingerprint density at radius 3 is 2.56 bits per heavy atom. The summed E-state index contributed by atoms with van der Waals surface area (Å²) in [5, 5.41) is 0. The Hall–Kier alpha value is -1.85. The number of alkyl halides is 3. The summed E-state index contributed by atoms with van der Waals surface area (Å²) in [4.78, 5) is 3.79. The maximum Gasteiger partial charge on any atom is 0.419 e. The van der Waals surface area contributed by atoms with Gasteiger partial charge in [0.25, 0.3) is 0 Å². The van der Waals surface area contributed by atoms with Crippen molar-refractivity contribution < 1.29 is 17.6 Å². The van der Waals surface area contributed by atoms with Gasteiger partial charge in [-0.25, -0.2) is 9.37 Å². The molecule has 1 atom stereocenters. The van der Waals surface area contributed by atoms with Gasteiger partial charge in [0.1, 0.15) is 5.82 Å². The van der Waals surface area contributed by atoms with Crippen LogP contribution in [0, 0.1) is 5.82 Å². The lowest BCUT2D eigenvalue weighted by molar-refractivity contribution is -0.140. The molecule has 1 aromatic heterocycles. The molecular formula is C12H10F4N2. The maximum atomic E-state index is 13.9. The Morgan fingerprint density at radius 2 is 2.00 bits per heavy atom. The van der Waals surface area contributed by atoms with Crippen molar-refractivity contribution in [3.8, 4) is 0 Å². The number of imidazole rings is 1. The second-order valence-corrected chi connectivity index (χ2v) is 3.89. The molecule has 1 unspecified atom stereocenters. The van der Waals surface area contributed by atoms with Gasteiger partial charge in [-0.15, -0.1) is 0 Å². The summed E-state index contributed by atoms with van der Waals surface area (Å²) in [7, 11) is 0. The summed E-state index contributed by atoms with van der Waals surface area (Å²) in [5.41, 5.74) is -1.25. The van der Waals surface area contributed by atoms with Gasteiger partial charge in [-0.2, -0.15) is 13.2 Å². The van der Waals surface area contributed by atoms with Gasteiger partial charge in [-0.3, -0.25) is 0 Å². The largest absolute Gasteiger partial charge is 0.419 e. The average Bonchev–Trinajstić information content (AvgIpc) is 2.80. The molecule has 0 radical (unpaired) electrons. The molecule has 0 amide bonds. The zero-order chi connectivity index (χ0) is 13.3. The highest BCUT2D eigenvalue weighted by Gasteiger charge is 2.35. The number of rotatable bonds is 2. The number of hydrogen-bond donors (Lipinski definition) is 0. The van der Waals surface area contributed by atoms with Crippen molar-refractivity contribution in [3.05, 3.63) is 53.9 Å². The Kier molecular flexibility index (Phi) is 3.11. The molecule has 2 nitrogen and oxygen atoms in total. The molecule has 0 aliphatic carbocycles. The van der Waals surface area contributed by atoms with E-state index >= 15 is 0 Å². The average molecular weight is 258 g/mol. The third-order valence-electron chi connectivity index (χ3n) is 2.76. The van der Waals surface area contributed by atoms with Gasteiger partial charge >= 0.3 is 6.18 Å². The third kappa shape index (κ3) is 2.23. The Morgan fingerprint density at radius 1 is 1.28 bits per heavy atom. The van der Waals surface area contributed by atoms with Crippen LogP contribution in [-0.2, 0) is 6.18 Å². The van der Waals surface area contributed by atoms with Gasteiger partial charge in [0.05, 0.1) is 17.9 Å². The fourth-order valence-corrected chi connectivity index (χ4v) is 1.75. The van der Waals surface area contributed by atoms with Crippen LogP contribution >= 0.6 is 0 Å². The molecule has 0 N–H and O–H groups in total. The third-order valence-corrected chi connectivity index (χ3v) is 2.76. The molecule has 0 aliphatic heterocycles.